The molecule has 0 unspecified atom stereocenters. The summed E-state index contributed by atoms with van der Waals surface area (Å²) in [6.45, 7) is -0.149. The van der Waals surface area contributed by atoms with E-state index in [1.54, 1.807) is 6.07 Å². The van der Waals surface area contributed by atoms with Gasteiger partial charge in [-0.15, -0.1) is 0 Å². The fourth-order valence-corrected chi connectivity index (χ4v) is 1.92. The van der Waals surface area contributed by atoms with Crippen molar-refractivity contribution in [3.63, 3.8) is 0 Å². The molecule has 1 rings (SSSR count). The van der Waals surface area contributed by atoms with E-state index < -0.39 is 18.5 Å². The molecule has 2 N–H and O–H groups in total. The van der Waals surface area contributed by atoms with Crippen LogP contribution in [0.1, 0.15) is 23.2 Å². The number of halogens is 1. The third kappa shape index (κ3) is 5.50. The number of carbonyl (C=O) groups excluding carboxylic acids is 2. The van der Waals surface area contributed by atoms with Crippen molar-refractivity contribution in [2.45, 2.75) is 12.8 Å². The standard InChI is InChI=1S/C15H15ClN4O3/c16-12-5-1-4-11(14(12)19)15(22)23-10-13(21)20(8-2-6-17)9-3-7-18/h1,4-5H,2-3,8-10,19H2. The minimum absolute atomic E-state index is 0.0749. The van der Waals surface area contributed by atoms with E-state index in [0.29, 0.717) is 0 Å². The van der Waals surface area contributed by atoms with Crippen LogP contribution in [0.3, 0.4) is 0 Å². The Bertz CT molecular complexity index is 646. The summed E-state index contributed by atoms with van der Waals surface area (Å²) in [7, 11) is 0. The maximum Gasteiger partial charge on any atom is 0.340 e. The van der Waals surface area contributed by atoms with E-state index in [4.69, 9.17) is 32.6 Å². The number of nitrogen functional groups attached to an aromatic ring is 1. The topological polar surface area (TPSA) is 120 Å². The first kappa shape index (κ1) is 18.3. The van der Waals surface area contributed by atoms with Crippen molar-refractivity contribution in [2.75, 3.05) is 25.4 Å². The second-order valence-electron chi connectivity index (χ2n) is 4.47. The average Bonchev–Trinajstić information content (AvgIpc) is 2.55. The van der Waals surface area contributed by atoms with Crippen LogP contribution in [-0.4, -0.2) is 36.5 Å². The van der Waals surface area contributed by atoms with E-state index in [9.17, 15) is 9.59 Å². The summed E-state index contributed by atoms with van der Waals surface area (Å²) in [6, 6.07) is 8.35. The molecular formula is C15H15ClN4O3. The van der Waals surface area contributed by atoms with Crippen molar-refractivity contribution >= 4 is 29.2 Å². The first-order valence-electron chi connectivity index (χ1n) is 6.74. The van der Waals surface area contributed by atoms with E-state index in [1.165, 1.54) is 17.0 Å². The van der Waals surface area contributed by atoms with Gasteiger partial charge in [-0.1, -0.05) is 17.7 Å². The van der Waals surface area contributed by atoms with Crippen LogP contribution >= 0.6 is 11.6 Å². The number of nitrogens with two attached hydrogens (primary N) is 1. The number of anilines is 1. The Kier molecular flexibility index (Phi) is 7.38. The molecule has 23 heavy (non-hydrogen) atoms. The van der Waals surface area contributed by atoms with E-state index in [2.05, 4.69) is 0 Å². The highest BCUT2D eigenvalue weighted by molar-refractivity contribution is 6.33. The molecular weight excluding hydrogens is 320 g/mol. The minimum atomic E-state index is -0.765. The van der Waals surface area contributed by atoms with Gasteiger partial charge in [0.05, 0.1) is 41.3 Å². The molecule has 0 atom stereocenters. The molecule has 0 bridgehead atoms. The maximum atomic E-state index is 12.0. The van der Waals surface area contributed by atoms with Crippen molar-refractivity contribution in [1.29, 1.82) is 10.5 Å². The number of carbonyl (C=O) groups is 2. The van der Waals surface area contributed by atoms with E-state index >= 15 is 0 Å². The van der Waals surface area contributed by atoms with Crippen LogP contribution in [0, 0.1) is 22.7 Å². The lowest BCUT2D eigenvalue weighted by Crippen LogP contribution is -2.36. The van der Waals surface area contributed by atoms with Gasteiger partial charge in [-0.2, -0.15) is 10.5 Å². The summed E-state index contributed by atoms with van der Waals surface area (Å²) in [6.07, 6.45) is 0.263. The third-order valence-electron chi connectivity index (χ3n) is 2.94. The molecule has 0 heterocycles. The van der Waals surface area contributed by atoms with Gasteiger partial charge in [-0.3, -0.25) is 4.79 Å². The van der Waals surface area contributed by atoms with Gasteiger partial charge in [0.1, 0.15) is 0 Å². The highest BCUT2D eigenvalue weighted by Crippen LogP contribution is 2.22. The van der Waals surface area contributed by atoms with Crippen LogP contribution in [0.4, 0.5) is 5.69 Å². The first-order chi connectivity index (χ1) is 11.0. The fourth-order valence-electron chi connectivity index (χ4n) is 1.74. The number of benzene rings is 1. The first-order valence-corrected chi connectivity index (χ1v) is 7.11. The maximum absolute atomic E-state index is 12.0. The summed E-state index contributed by atoms with van der Waals surface area (Å²) < 4.78 is 4.93. The smallest absolute Gasteiger partial charge is 0.340 e. The van der Waals surface area contributed by atoms with Crippen LogP contribution in [0.5, 0.6) is 0 Å². The van der Waals surface area contributed by atoms with Gasteiger partial charge in [-0.05, 0) is 12.1 Å². The number of amides is 1. The molecule has 0 aliphatic heterocycles. The van der Waals surface area contributed by atoms with Crippen molar-refractivity contribution in [3.8, 4) is 12.1 Å². The predicted molar refractivity (Wildman–Crippen MR) is 83.2 cm³/mol. The lowest BCUT2D eigenvalue weighted by molar-refractivity contribution is -0.134. The van der Waals surface area contributed by atoms with Gasteiger partial charge in [0.2, 0.25) is 0 Å². The lowest BCUT2D eigenvalue weighted by atomic mass is 10.2. The van der Waals surface area contributed by atoms with Gasteiger partial charge < -0.3 is 15.4 Å². The zero-order valence-electron chi connectivity index (χ0n) is 12.3. The van der Waals surface area contributed by atoms with Crippen LogP contribution in [0.15, 0.2) is 18.2 Å². The van der Waals surface area contributed by atoms with Crippen molar-refractivity contribution < 1.29 is 14.3 Å². The molecule has 1 aromatic carbocycles. The highest BCUT2D eigenvalue weighted by atomic mass is 35.5. The molecule has 7 nitrogen and oxygen atoms in total. The van der Waals surface area contributed by atoms with Crippen LogP contribution in [0.25, 0.3) is 0 Å². The summed E-state index contributed by atoms with van der Waals surface area (Å²) in [5.74, 6) is -1.25. The number of rotatable bonds is 7. The zero-order chi connectivity index (χ0) is 17.2. The molecule has 1 amide bonds. The normalized spacial score (nSPS) is 9.52. The molecule has 120 valence electrons. The Morgan fingerprint density at radius 2 is 1.83 bits per heavy atom. The minimum Gasteiger partial charge on any atom is -0.452 e. The summed E-state index contributed by atoms with van der Waals surface area (Å²) >= 11 is 5.82. The second-order valence-corrected chi connectivity index (χ2v) is 4.88. The van der Waals surface area contributed by atoms with Gasteiger partial charge in [0.15, 0.2) is 6.61 Å². The SMILES string of the molecule is N#CCCN(CCC#N)C(=O)COC(=O)c1cccc(Cl)c1N. The van der Waals surface area contributed by atoms with E-state index in [1.807, 2.05) is 12.1 Å². The fraction of sp³-hybridized carbons (Fsp3) is 0.333. The zero-order valence-corrected chi connectivity index (χ0v) is 13.0. The molecule has 0 aliphatic rings. The van der Waals surface area contributed by atoms with Crippen LogP contribution in [-0.2, 0) is 9.53 Å². The monoisotopic (exact) mass is 334 g/mol. The third-order valence-corrected chi connectivity index (χ3v) is 3.27. The number of ether oxygens (including phenoxy) is 1. The second kappa shape index (κ2) is 9.29. The Hall–Kier alpha value is -2.77. The van der Waals surface area contributed by atoms with Gasteiger partial charge in [-0.25, -0.2) is 4.79 Å². The van der Waals surface area contributed by atoms with Gasteiger partial charge >= 0.3 is 5.97 Å². The number of para-hydroxylation sites is 1. The van der Waals surface area contributed by atoms with Crippen LogP contribution < -0.4 is 5.73 Å². The Labute approximate surface area is 138 Å². The van der Waals surface area contributed by atoms with E-state index in [0.717, 1.165) is 0 Å². The number of hydrogen-bond acceptors (Lipinski definition) is 6. The number of nitrogens with zero attached hydrogens (tertiary/aromatic N) is 3. The Morgan fingerprint density at radius 1 is 1.22 bits per heavy atom. The molecule has 0 aliphatic carbocycles. The summed E-state index contributed by atoms with van der Waals surface area (Å²) in [4.78, 5) is 25.3. The quantitative estimate of drug-likeness (QED) is 0.599. The molecule has 0 saturated carbocycles. The largest absolute Gasteiger partial charge is 0.452 e. The van der Waals surface area contributed by atoms with Gasteiger partial charge in [0.25, 0.3) is 5.91 Å². The van der Waals surface area contributed by atoms with Gasteiger partial charge in [0, 0.05) is 13.1 Å². The summed E-state index contributed by atoms with van der Waals surface area (Å²) in [5.41, 5.74) is 5.84. The molecule has 1 aromatic rings. The van der Waals surface area contributed by atoms with Crippen molar-refractivity contribution in [2.24, 2.45) is 0 Å². The summed E-state index contributed by atoms with van der Waals surface area (Å²) in [5, 5.41) is 17.4. The molecule has 8 heteroatoms. The molecule has 0 radical (unpaired) electrons. The predicted octanol–water partition coefficient (Wildman–Crippen LogP) is 1.73. The average molecular weight is 335 g/mol. The number of esters is 1. The Balaban J connectivity index is 2.65. The molecule has 0 fully saturated rings. The van der Waals surface area contributed by atoms with E-state index in [-0.39, 0.29) is 42.2 Å². The molecule has 0 spiro atoms. The number of hydrogen-bond donors (Lipinski definition) is 1. The van der Waals surface area contributed by atoms with Crippen molar-refractivity contribution in [3.05, 3.63) is 28.8 Å². The molecule has 0 saturated heterocycles. The lowest BCUT2D eigenvalue weighted by Gasteiger charge is -2.20. The highest BCUT2D eigenvalue weighted by Gasteiger charge is 2.18. The number of nitriles is 2. The Morgan fingerprint density at radius 3 is 2.39 bits per heavy atom. The molecule has 0 aromatic heterocycles. The van der Waals surface area contributed by atoms with Crippen molar-refractivity contribution in [1.82, 2.24) is 4.90 Å². The van der Waals surface area contributed by atoms with Crippen LogP contribution in [0.2, 0.25) is 5.02 Å².